The summed E-state index contributed by atoms with van der Waals surface area (Å²) in [5, 5.41) is 11.5. The van der Waals surface area contributed by atoms with E-state index in [2.05, 4.69) is 21.2 Å². The predicted molar refractivity (Wildman–Crippen MR) is 76.2 cm³/mol. The largest absolute Gasteiger partial charge is 0.381 e. The van der Waals surface area contributed by atoms with Gasteiger partial charge >= 0.3 is 0 Å². The molecule has 0 aliphatic carbocycles. The van der Waals surface area contributed by atoms with Crippen LogP contribution < -0.4 is 5.32 Å². The summed E-state index contributed by atoms with van der Waals surface area (Å²) in [6.45, 7) is 3.19. The average Bonchev–Trinajstić information content (AvgIpc) is 2.29. The van der Waals surface area contributed by atoms with E-state index in [1.165, 1.54) is 12.1 Å². The zero-order valence-corrected chi connectivity index (χ0v) is 13.2. The van der Waals surface area contributed by atoms with Gasteiger partial charge in [0.05, 0.1) is 20.5 Å². The lowest BCUT2D eigenvalue weighted by Crippen LogP contribution is -2.38. The van der Waals surface area contributed by atoms with Gasteiger partial charge < -0.3 is 5.32 Å². The van der Waals surface area contributed by atoms with Crippen LogP contribution in [0.3, 0.4) is 0 Å². The molecule has 1 aromatic carbocycles. The van der Waals surface area contributed by atoms with Crippen molar-refractivity contribution in [2.45, 2.75) is 18.6 Å². The summed E-state index contributed by atoms with van der Waals surface area (Å²) in [4.78, 5) is 0. The minimum atomic E-state index is -3.26. The number of hydrogen-bond donors (Lipinski definition) is 1. The Morgan fingerprint density at radius 1 is 1.47 bits per heavy atom. The highest BCUT2D eigenvalue weighted by Crippen LogP contribution is 2.27. The quantitative estimate of drug-likeness (QED) is 0.907. The highest BCUT2D eigenvalue weighted by molar-refractivity contribution is 9.10. The summed E-state index contributed by atoms with van der Waals surface area (Å²) in [7, 11) is -3.26. The Balaban J connectivity index is 2.98. The van der Waals surface area contributed by atoms with Crippen LogP contribution in [0, 0.1) is 17.1 Å². The van der Waals surface area contributed by atoms with Crippen molar-refractivity contribution in [1.82, 2.24) is 0 Å². The predicted octanol–water partition coefficient (Wildman–Crippen LogP) is 2.69. The number of hydrogen-bond acceptors (Lipinski definition) is 4. The van der Waals surface area contributed by atoms with Crippen molar-refractivity contribution < 1.29 is 12.8 Å². The fourth-order valence-electron chi connectivity index (χ4n) is 1.21. The van der Waals surface area contributed by atoms with Gasteiger partial charge in [-0.25, -0.2) is 12.8 Å². The number of sulfone groups is 1. The Kier molecular flexibility index (Phi) is 4.59. The van der Waals surface area contributed by atoms with E-state index in [9.17, 15) is 12.8 Å². The number of benzene rings is 1. The number of halogens is 2. The Morgan fingerprint density at radius 3 is 2.53 bits per heavy atom. The standard InChI is InChI=1S/C12H14BrFN2O2S/c1-12(2,19(3,17)18)7-16-9-5-4-8(6-15)10(13)11(9)14/h4-5,16H,7H2,1-3H3. The van der Waals surface area contributed by atoms with Crippen molar-refractivity contribution >= 4 is 31.5 Å². The van der Waals surface area contributed by atoms with Crippen molar-refractivity contribution in [2.24, 2.45) is 0 Å². The molecule has 7 heteroatoms. The first kappa shape index (κ1) is 15.9. The van der Waals surface area contributed by atoms with Crippen LogP contribution in [-0.2, 0) is 9.84 Å². The van der Waals surface area contributed by atoms with Crippen LogP contribution in [0.15, 0.2) is 16.6 Å². The molecule has 0 atom stereocenters. The minimum Gasteiger partial charge on any atom is -0.381 e. The summed E-state index contributed by atoms with van der Waals surface area (Å²) in [5.41, 5.74) is 0.341. The third-order valence-corrected chi connectivity index (χ3v) is 5.84. The highest BCUT2D eigenvalue weighted by Gasteiger charge is 2.30. The fourth-order valence-corrected chi connectivity index (χ4v) is 1.98. The molecule has 19 heavy (non-hydrogen) atoms. The Labute approximate surface area is 120 Å². The highest BCUT2D eigenvalue weighted by atomic mass is 79.9. The molecule has 0 bridgehead atoms. The topological polar surface area (TPSA) is 70.0 Å². The number of nitrogens with zero attached hydrogens (tertiary/aromatic N) is 1. The summed E-state index contributed by atoms with van der Waals surface area (Å²) in [5.74, 6) is -0.608. The van der Waals surface area contributed by atoms with Crippen molar-refractivity contribution in [3.8, 4) is 6.07 Å². The van der Waals surface area contributed by atoms with Crippen LogP contribution in [0.5, 0.6) is 0 Å². The van der Waals surface area contributed by atoms with Gasteiger partial charge in [-0.2, -0.15) is 5.26 Å². The van der Waals surface area contributed by atoms with E-state index in [4.69, 9.17) is 5.26 Å². The van der Waals surface area contributed by atoms with Gasteiger partial charge in [0.1, 0.15) is 6.07 Å². The summed E-state index contributed by atoms with van der Waals surface area (Å²) < 4.78 is 36.0. The normalized spacial score (nSPS) is 12.0. The van der Waals surface area contributed by atoms with Crippen molar-refractivity contribution in [3.63, 3.8) is 0 Å². The molecule has 0 aliphatic heterocycles. The molecule has 0 amide bonds. The fraction of sp³-hybridized carbons (Fsp3) is 0.417. The van der Waals surface area contributed by atoms with E-state index in [1.807, 2.05) is 6.07 Å². The van der Waals surface area contributed by atoms with Crippen molar-refractivity contribution in [3.05, 3.63) is 28.0 Å². The van der Waals surface area contributed by atoms with Crippen molar-refractivity contribution in [2.75, 3.05) is 18.1 Å². The SMILES string of the molecule is CC(C)(CNc1ccc(C#N)c(Br)c1F)S(C)(=O)=O. The van der Waals surface area contributed by atoms with E-state index in [0.717, 1.165) is 6.26 Å². The first-order valence-electron chi connectivity index (χ1n) is 5.42. The lowest BCUT2D eigenvalue weighted by atomic mass is 10.2. The van der Waals surface area contributed by atoms with Gasteiger partial charge in [0.25, 0.3) is 0 Å². The number of nitriles is 1. The molecule has 0 fully saturated rings. The zero-order chi connectivity index (χ0) is 14.8. The number of nitrogens with one attached hydrogen (secondary N) is 1. The molecule has 0 heterocycles. The second-order valence-electron chi connectivity index (χ2n) is 4.79. The maximum Gasteiger partial charge on any atom is 0.161 e. The smallest absolute Gasteiger partial charge is 0.161 e. The summed E-state index contributed by atoms with van der Waals surface area (Å²) >= 11 is 3.00. The Hall–Kier alpha value is -1.13. The first-order chi connectivity index (χ1) is 8.60. The molecule has 1 N–H and O–H groups in total. The molecule has 0 unspecified atom stereocenters. The van der Waals surface area contributed by atoms with Crippen LogP contribution >= 0.6 is 15.9 Å². The maximum atomic E-state index is 13.9. The van der Waals surface area contributed by atoms with Crippen LogP contribution in [0.4, 0.5) is 10.1 Å². The number of anilines is 1. The molecule has 1 aromatic rings. The van der Waals surface area contributed by atoms with Crippen LogP contribution in [-0.4, -0.2) is 26.0 Å². The van der Waals surface area contributed by atoms with Gasteiger partial charge in [0.2, 0.25) is 0 Å². The summed E-state index contributed by atoms with van der Waals surface area (Å²) in [6.07, 6.45) is 1.14. The van der Waals surface area contributed by atoms with Crippen LogP contribution in [0.1, 0.15) is 19.4 Å². The lowest BCUT2D eigenvalue weighted by molar-refractivity contribution is 0.558. The summed E-state index contributed by atoms with van der Waals surface area (Å²) in [6, 6.07) is 4.72. The third-order valence-electron chi connectivity index (χ3n) is 2.91. The lowest BCUT2D eigenvalue weighted by Gasteiger charge is -2.23. The monoisotopic (exact) mass is 348 g/mol. The van der Waals surface area contributed by atoms with Gasteiger partial charge in [-0.15, -0.1) is 0 Å². The van der Waals surface area contributed by atoms with Gasteiger partial charge in [0, 0.05) is 12.8 Å². The van der Waals surface area contributed by atoms with E-state index >= 15 is 0 Å². The molecular weight excluding hydrogens is 335 g/mol. The van der Waals surface area contributed by atoms with Crippen LogP contribution in [0.25, 0.3) is 0 Å². The van der Waals surface area contributed by atoms with Gasteiger partial charge in [-0.1, -0.05) is 0 Å². The van der Waals surface area contributed by atoms with E-state index in [1.54, 1.807) is 13.8 Å². The second kappa shape index (κ2) is 5.47. The average molecular weight is 349 g/mol. The van der Waals surface area contributed by atoms with Crippen molar-refractivity contribution in [1.29, 1.82) is 5.26 Å². The molecule has 0 saturated carbocycles. The molecule has 0 aliphatic rings. The van der Waals surface area contributed by atoms with E-state index < -0.39 is 20.4 Å². The van der Waals surface area contributed by atoms with Gasteiger partial charge in [-0.05, 0) is 41.9 Å². The molecule has 1 rings (SSSR count). The third kappa shape index (κ3) is 3.45. The Morgan fingerprint density at radius 2 is 2.05 bits per heavy atom. The minimum absolute atomic E-state index is 0.0668. The molecule has 0 spiro atoms. The van der Waals surface area contributed by atoms with Gasteiger partial charge in [-0.3, -0.25) is 0 Å². The molecule has 0 saturated heterocycles. The first-order valence-corrected chi connectivity index (χ1v) is 8.10. The van der Waals surface area contributed by atoms with E-state index in [0.29, 0.717) is 0 Å². The number of rotatable bonds is 4. The molecule has 104 valence electrons. The maximum absolute atomic E-state index is 13.9. The molecule has 0 radical (unpaired) electrons. The Bertz CT molecular complexity index is 636. The molecular formula is C12H14BrFN2O2S. The molecule has 4 nitrogen and oxygen atoms in total. The van der Waals surface area contributed by atoms with Crippen LogP contribution in [0.2, 0.25) is 0 Å². The second-order valence-corrected chi connectivity index (χ2v) is 8.23. The zero-order valence-electron chi connectivity index (χ0n) is 10.8. The molecule has 0 aromatic heterocycles. The van der Waals surface area contributed by atoms with E-state index in [-0.39, 0.29) is 22.3 Å². The van der Waals surface area contributed by atoms with Gasteiger partial charge in [0.15, 0.2) is 15.7 Å².